The van der Waals surface area contributed by atoms with Gasteiger partial charge in [-0.1, -0.05) is 25.6 Å². The fraction of sp³-hybridized carbons (Fsp3) is 0.522. The van der Waals surface area contributed by atoms with Crippen LogP contribution in [0.2, 0.25) is 0 Å². The molecule has 4 rings (SSSR count). The molecule has 0 spiro atoms. The van der Waals surface area contributed by atoms with Crippen LogP contribution in [0, 0.1) is 5.41 Å². The Balaban J connectivity index is 1.53. The number of rotatable bonds is 4. The van der Waals surface area contributed by atoms with E-state index in [-0.39, 0.29) is 5.41 Å². The lowest BCUT2D eigenvalue weighted by molar-refractivity contribution is 0.0341. The number of amides is 2. The van der Waals surface area contributed by atoms with E-state index < -0.39 is 15.9 Å². The number of carbonyl (C=O) groups is 1. The van der Waals surface area contributed by atoms with Crippen molar-refractivity contribution < 1.29 is 13.7 Å². The summed E-state index contributed by atoms with van der Waals surface area (Å²) in [7, 11) is -3.36. The van der Waals surface area contributed by atoms with Crippen LogP contribution in [0.5, 0.6) is 0 Å². The molecule has 0 radical (unpaired) electrons. The van der Waals surface area contributed by atoms with Crippen LogP contribution in [0.3, 0.4) is 0 Å². The molecule has 1 aromatic carbocycles. The lowest BCUT2D eigenvalue weighted by Crippen LogP contribution is -2.35. The maximum Gasteiger partial charge on any atom is 0.354 e. The van der Waals surface area contributed by atoms with Crippen molar-refractivity contribution in [1.82, 2.24) is 10.2 Å². The third-order valence-corrected chi connectivity index (χ3v) is 8.08. The van der Waals surface area contributed by atoms with Gasteiger partial charge in [0.05, 0.1) is 18.1 Å². The standard InChI is InChI=1S/C23H32N4O3S/c1-17-8-10-23(2)9-4-7-20(23)21(17)25-22(28)26-31(24,29)19-6-3-5-18(15-19)16-27-11-13-30-14-12-27/h3,5-6,15H,1,4,7-14,16H2,2H3,(H3,24,25,26,28,29). The number of morpholine rings is 1. The van der Waals surface area contributed by atoms with Gasteiger partial charge < -0.3 is 10.1 Å². The van der Waals surface area contributed by atoms with Gasteiger partial charge >= 0.3 is 6.03 Å². The first-order valence-corrected chi connectivity index (χ1v) is 12.5. The van der Waals surface area contributed by atoms with Crippen molar-refractivity contribution in [3.05, 3.63) is 53.3 Å². The summed E-state index contributed by atoms with van der Waals surface area (Å²) in [6.45, 7) is 10.2. The molecule has 1 aliphatic heterocycles. The third kappa shape index (κ3) is 4.92. The molecule has 3 N–H and O–H groups in total. The zero-order valence-electron chi connectivity index (χ0n) is 18.2. The zero-order valence-corrected chi connectivity index (χ0v) is 19.0. The Morgan fingerprint density at radius 1 is 1.32 bits per heavy atom. The second kappa shape index (κ2) is 8.86. The lowest BCUT2D eigenvalue weighted by Gasteiger charge is -2.34. The van der Waals surface area contributed by atoms with Crippen LogP contribution in [-0.2, 0) is 21.2 Å². The average Bonchev–Trinajstić information content (AvgIpc) is 3.13. The number of nitrogens with one attached hydrogen (secondary N) is 1. The normalized spacial score (nSPS) is 26.3. The van der Waals surface area contributed by atoms with E-state index in [2.05, 4.69) is 28.1 Å². The van der Waals surface area contributed by atoms with Gasteiger partial charge in [0.15, 0.2) is 0 Å². The first kappa shape index (κ1) is 22.2. The van der Waals surface area contributed by atoms with E-state index in [1.54, 1.807) is 12.1 Å². The number of nitrogens with zero attached hydrogens (tertiary/aromatic N) is 2. The molecule has 1 heterocycles. The number of benzene rings is 1. The van der Waals surface area contributed by atoms with Crippen molar-refractivity contribution in [1.29, 1.82) is 0 Å². The van der Waals surface area contributed by atoms with Gasteiger partial charge in [0.2, 0.25) is 0 Å². The average molecular weight is 445 g/mol. The number of nitrogens with two attached hydrogens (primary N) is 1. The van der Waals surface area contributed by atoms with E-state index in [9.17, 15) is 9.00 Å². The summed E-state index contributed by atoms with van der Waals surface area (Å²) >= 11 is 0. The third-order valence-electron chi connectivity index (χ3n) is 6.71. The monoisotopic (exact) mass is 444 g/mol. The molecule has 3 aliphatic rings. The van der Waals surface area contributed by atoms with Crippen LogP contribution in [-0.4, -0.2) is 41.4 Å². The van der Waals surface area contributed by atoms with E-state index >= 15 is 0 Å². The Labute approximate surface area is 185 Å². The molecule has 1 aromatic rings. The molecule has 0 aromatic heterocycles. The van der Waals surface area contributed by atoms with E-state index in [0.29, 0.717) is 24.7 Å². The maximum absolute atomic E-state index is 13.1. The fourth-order valence-electron chi connectivity index (χ4n) is 4.89. The molecule has 8 heteroatoms. The maximum atomic E-state index is 13.1. The number of hydrogen-bond donors (Lipinski definition) is 2. The van der Waals surface area contributed by atoms with Gasteiger partial charge in [-0.2, -0.15) is 0 Å². The van der Waals surface area contributed by atoms with Crippen molar-refractivity contribution in [2.24, 2.45) is 14.9 Å². The second-order valence-electron chi connectivity index (χ2n) is 9.00. The molecule has 2 atom stereocenters. The van der Waals surface area contributed by atoms with E-state index in [0.717, 1.165) is 62.0 Å². The summed E-state index contributed by atoms with van der Waals surface area (Å²) < 4.78 is 22.4. The van der Waals surface area contributed by atoms with Gasteiger partial charge in [-0.25, -0.2) is 14.1 Å². The van der Waals surface area contributed by atoms with E-state index in [1.807, 2.05) is 12.1 Å². The van der Waals surface area contributed by atoms with Crippen molar-refractivity contribution >= 4 is 15.9 Å². The summed E-state index contributed by atoms with van der Waals surface area (Å²) in [5.74, 6) is 0. The number of urea groups is 1. The molecule has 2 unspecified atom stereocenters. The number of ether oxygens (including phenoxy) is 1. The molecule has 1 saturated heterocycles. The molecule has 31 heavy (non-hydrogen) atoms. The number of allylic oxidation sites excluding steroid dienone is 2. The highest BCUT2D eigenvalue weighted by molar-refractivity contribution is 7.91. The minimum atomic E-state index is -3.36. The Bertz CT molecular complexity index is 1040. The van der Waals surface area contributed by atoms with Crippen LogP contribution >= 0.6 is 0 Å². The fourth-order valence-corrected chi connectivity index (χ4v) is 5.88. The predicted molar refractivity (Wildman–Crippen MR) is 121 cm³/mol. The summed E-state index contributed by atoms with van der Waals surface area (Å²) in [5, 5.41) is 8.91. The molecular weight excluding hydrogens is 412 g/mol. The van der Waals surface area contributed by atoms with Crippen LogP contribution in [0.15, 0.2) is 56.9 Å². The Hall–Kier alpha value is -2.00. The largest absolute Gasteiger partial charge is 0.379 e. The van der Waals surface area contributed by atoms with Gasteiger partial charge in [-0.3, -0.25) is 4.90 Å². The van der Waals surface area contributed by atoms with Crippen molar-refractivity contribution in [2.45, 2.75) is 50.5 Å². The minimum absolute atomic E-state index is 0.113. The van der Waals surface area contributed by atoms with Crippen molar-refractivity contribution in [3.8, 4) is 0 Å². The highest BCUT2D eigenvalue weighted by Crippen LogP contribution is 2.51. The van der Waals surface area contributed by atoms with Gasteiger partial charge in [-0.15, -0.1) is 4.36 Å². The van der Waals surface area contributed by atoms with Crippen LogP contribution in [0.1, 0.15) is 44.6 Å². The molecule has 2 fully saturated rings. The smallest absolute Gasteiger partial charge is 0.354 e. The molecule has 0 bridgehead atoms. The molecule has 1 saturated carbocycles. The SMILES string of the molecule is C=C1CCC2(C)CCCC2=C1NC(=O)N=S(N)(=O)c1cccc(CN2CCOCC2)c1. The van der Waals surface area contributed by atoms with E-state index in [4.69, 9.17) is 9.88 Å². The van der Waals surface area contributed by atoms with Gasteiger partial charge in [0, 0.05) is 25.3 Å². The number of fused-ring (bicyclic) bond motifs is 1. The highest BCUT2D eigenvalue weighted by atomic mass is 32.2. The van der Waals surface area contributed by atoms with Crippen LogP contribution < -0.4 is 10.5 Å². The van der Waals surface area contributed by atoms with Crippen molar-refractivity contribution in [2.75, 3.05) is 26.3 Å². The highest BCUT2D eigenvalue weighted by Gasteiger charge is 2.39. The van der Waals surface area contributed by atoms with E-state index in [1.165, 1.54) is 5.57 Å². The second-order valence-corrected chi connectivity index (χ2v) is 10.8. The van der Waals surface area contributed by atoms with Gasteiger partial charge in [0.1, 0.15) is 9.92 Å². The minimum Gasteiger partial charge on any atom is -0.379 e. The summed E-state index contributed by atoms with van der Waals surface area (Å²) in [4.78, 5) is 15.3. The van der Waals surface area contributed by atoms with Gasteiger partial charge in [0.25, 0.3) is 0 Å². The number of hydrogen-bond acceptors (Lipinski definition) is 4. The first-order chi connectivity index (χ1) is 14.8. The Morgan fingerprint density at radius 3 is 2.87 bits per heavy atom. The summed E-state index contributed by atoms with van der Waals surface area (Å²) in [5.41, 5.74) is 4.02. The molecule has 2 aliphatic carbocycles. The molecule has 2 amide bonds. The molecule has 168 valence electrons. The molecular formula is C23H32N4O3S. The summed E-state index contributed by atoms with van der Waals surface area (Å²) in [6, 6.07) is 6.55. The Kier molecular flexibility index (Phi) is 6.35. The summed E-state index contributed by atoms with van der Waals surface area (Å²) in [6.07, 6.45) is 5.08. The quantitative estimate of drug-likeness (QED) is 0.740. The van der Waals surface area contributed by atoms with Crippen molar-refractivity contribution in [3.63, 3.8) is 0 Å². The van der Waals surface area contributed by atoms with Crippen LogP contribution in [0.25, 0.3) is 0 Å². The topological polar surface area (TPSA) is 97.0 Å². The lowest BCUT2D eigenvalue weighted by atomic mass is 9.73. The predicted octanol–water partition coefficient (Wildman–Crippen LogP) is 3.72. The van der Waals surface area contributed by atoms with Crippen LogP contribution in [0.4, 0.5) is 4.79 Å². The zero-order chi connectivity index (χ0) is 22.1. The first-order valence-electron chi connectivity index (χ1n) is 10.9. The van der Waals surface area contributed by atoms with Gasteiger partial charge in [-0.05, 0) is 66.4 Å². The number of carbonyl (C=O) groups excluding carboxylic acids is 1. The Morgan fingerprint density at radius 2 is 2.10 bits per heavy atom. The molecule has 7 nitrogen and oxygen atoms in total.